The molecule has 0 radical (unpaired) electrons. The van der Waals surface area contributed by atoms with Crippen LogP contribution in [0.2, 0.25) is 0 Å². The van der Waals surface area contributed by atoms with Crippen molar-refractivity contribution in [2.45, 2.75) is 53.6 Å². The molecule has 0 spiro atoms. The van der Waals surface area contributed by atoms with Crippen LogP contribution in [0.3, 0.4) is 0 Å². The molecule has 1 heterocycles. The molecular formula is C11H26O2. The van der Waals surface area contributed by atoms with Crippen molar-refractivity contribution in [1.82, 2.24) is 0 Å². The van der Waals surface area contributed by atoms with Crippen molar-refractivity contribution in [1.29, 1.82) is 0 Å². The van der Waals surface area contributed by atoms with Crippen LogP contribution in [0.4, 0.5) is 0 Å². The highest BCUT2D eigenvalue weighted by Crippen LogP contribution is 1.96. The van der Waals surface area contributed by atoms with E-state index in [9.17, 15) is 0 Å². The van der Waals surface area contributed by atoms with E-state index in [1.54, 1.807) is 0 Å². The summed E-state index contributed by atoms with van der Waals surface area (Å²) in [6, 6.07) is 0. The van der Waals surface area contributed by atoms with Crippen LogP contribution in [0, 0.1) is 0 Å². The molecule has 1 fully saturated rings. The zero-order valence-corrected chi connectivity index (χ0v) is 9.93. The predicted molar refractivity (Wildman–Crippen MR) is 58.2 cm³/mol. The number of hydrogen-bond donors (Lipinski definition) is 0. The summed E-state index contributed by atoms with van der Waals surface area (Å²) in [5.74, 6) is 0. The van der Waals surface area contributed by atoms with Crippen LogP contribution in [-0.2, 0) is 9.47 Å². The van der Waals surface area contributed by atoms with Gasteiger partial charge >= 0.3 is 0 Å². The highest BCUT2D eigenvalue weighted by atomic mass is 16.6. The molecule has 82 valence electrons. The quantitative estimate of drug-likeness (QED) is 0.584. The average Bonchev–Trinajstić information content (AvgIpc) is 2.08. The third-order valence-electron chi connectivity index (χ3n) is 0.983. The summed E-state index contributed by atoms with van der Waals surface area (Å²) >= 11 is 0. The molecule has 0 aromatic heterocycles. The first-order valence-corrected chi connectivity index (χ1v) is 5.42. The Morgan fingerprint density at radius 2 is 1.46 bits per heavy atom. The molecule has 2 heteroatoms. The van der Waals surface area contributed by atoms with Crippen molar-refractivity contribution in [2.24, 2.45) is 0 Å². The standard InChI is InChI=1S/C5H10O2.2C3H8/c1-5-4-6-2-3-7-5;2*1-3-2/h5H,2-4H2,1H3;2*3H2,1-2H3. The van der Waals surface area contributed by atoms with Crippen molar-refractivity contribution in [3.05, 3.63) is 0 Å². The molecule has 0 amide bonds. The van der Waals surface area contributed by atoms with Crippen molar-refractivity contribution < 1.29 is 9.47 Å². The van der Waals surface area contributed by atoms with Gasteiger partial charge in [0.05, 0.1) is 25.9 Å². The van der Waals surface area contributed by atoms with Gasteiger partial charge in [-0.25, -0.2) is 0 Å². The van der Waals surface area contributed by atoms with Crippen LogP contribution in [0.25, 0.3) is 0 Å². The molecule has 1 saturated heterocycles. The maximum Gasteiger partial charge on any atom is 0.0781 e. The SMILES string of the molecule is CC1COCCO1.CCC.CCC. The van der Waals surface area contributed by atoms with E-state index in [1.165, 1.54) is 12.8 Å². The van der Waals surface area contributed by atoms with Gasteiger partial charge in [-0.2, -0.15) is 0 Å². The molecule has 13 heavy (non-hydrogen) atoms. The Bertz CT molecular complexity index is 66.5. The minimum atomic E-state index is 0.314. The molecule has 1 rings (SSSR count). The van der Waals surface area contributed by atoms with Crippen LogP contribution >= 0.6 is 0 Å². The molecule has 1 aliphatic rings. The van der Waals surface area contributed by atoms with E-state index in [4.69, 9.17) is 9.47 Å². The van der Waals surface area contributed by atoms with E-state index in [0.717, 1.165) is 19.8 Å². The zero-order valence-electron chi connectivity index (χ0n) is 9.93. The second kappa shape index (κ2) is 14.4. The van der Waals surface area contributed by atoms with Crippen LogP contribution in [0.5, 0.6) is 0 Å². The Balaban J connectivity index is 0. The average molecular weight is 190 g/mol. The highest BCUT2D eigenvalue weighted by molar-refractivity contribution is 4.50. The first-order valence-electron chi connectivity index (χ1n) is 5.42. The van der Waals surface area contributed by atoms with Crippen molar-refractivity contribution >= 4 is 0 Å². The topological polar surface area (TPSA) is 18.5 Å². The van der Waals surface area contributed by atoms with E-state index in [2.05, 4.69) is 27.7 Å². The molecule has 1 atom stereocenters. The van der Waals surface area contributed by atoms with Gasteiger partial charge in [0.15, 0.2) is 0 Å². The van der Waals surface area contributed by atoms with Gasteiger partial charge in [0, 0.05) is 0 Å². The van der Waals surface area contributed by atoms with Gasteiger partial charge in [0.25, 0.3) is 0 Å². The van der Waals surface area contributed by atoms with Crippen molar-refractivity contribution in [3.8, 4) is 0 Å². The van der Waals surface area contributed by atoms with Gasteiger partial charge < -0.3 is 9.47 Å². The lowest BCUT2D eigenvalue weighted by Gasteiger charge is -2.18. The fourth-order valence-electron chi connectivity index (χ4n) is 0.606. The second-order valence-electron chi connectivity index (χ2n) is 3.17. The summed E-state index contributed by atoms with van der Waals surface area (Å²) in [6.07, 6.45) is 2.81. The fourth-order valence-corrected chi connectivity index (χ4v) is 0.606. The molecular weight excluding hydrogens is 164 g/mol. The summed E-state index contributed by atoms with van der Waals surface area (Å²) in [5.41, 5.74) is 0. The molecule has 0 saturated carbocycles. The maximum absolute atomic E-state index is 5.15. The third kappa shape index (κ3) is 18.7. The Labute approximate surface area is 83.6 Å². The van der Waals surface area contributed by atoms with Crippen LogP contribution in [0.1, 0.15) is 47.5 Å². The van der Waals surface area contributed by atoms with Gasteiger partial charge in [-0.1, -0.05) is 40.5 Å². The molecule has 0 N–H and O–H groups in total. The fraction of sp³-hybridized carbons (Fsp3) is 1.00. The molecule has 0 bridgehead atoms. The van der Waals surface area contributed by atoms with E-state index < -0.39 is 0 Å². The normalized spacial score (nSPS) is 20.5. The largest absolute Gasteiger partial charge is 0.376 e. The minimum absolute atomic E-state index is 0.314. The predicted octanol–water partition coefficient (Wildman–Crippen LogP) is 3.25. The molecule has 2 nitrogen and oxygen atoms in total. The Hall–Kier alpha value is -0.0800. The summed E-state index contributed by atoms with van der Waals surface area (Å²) in [4.78, 5) is 0. The van der Waals surface area contributed by atoms with Crippen molar-refractivity contribution in [3.63, 3.8) is 0 Å². The second-order valence-corrected chi connectivity index (χ2v) is 3.17. The van der Waals surface area contributed by atoms with Crippen LogP contribution < -0.4 is 0 Å². The van der Waals surface area contributed by atoms with E-state index in [-0.39, 0.29) is 0 Å². The molecule has 1 aliphatic heterocycles. The minimum Gasteiger partial charge on any atom is -0.376 e. The van der Waals surface area contributed by atoms with Gasteiger partial charge in [-0.05, 0) is 6.92 Å². The Morgan fingerprint density at radius 3 is 1.62 bits per heavy atom. The first-order chi connectivity index (χ1) is 6.22. The smallest absolute Gasteiger partial charge is 0.0781 e. The monoisotopic (exact) mass is 190 g/mol. The number of rotatable bonds is 0. The van der Waals surface area contributed by atoms with E-state index in [0.29, 0.717) is 6.10 Å². The Kier molecular flexibility index (Phi) is 17.1. The lowest BCUT2D eigenvalue weighted by molar-refractivity contribution is -0.0797. The summed E-state index contributed by atoms with van der Waals surface area (Å²) < 4.78 is 10.2. The van der Waals surface area contributed by atoms with Crippen LogP contribution in [-0.4, -0.2) is 25.9 Å². The summed E-state index contributed by atoms with van der Waals surface area (Å²) in [7, 11) is 0. The van der Waals surface area contributed by atoms with E-state index in [1.807, 2.05) is 6.92 Å². The Morgan fingerprint density at radius 1 is 1.00 bits per heavy atom. The lowest BCUT2D eigenvalue weighted by atomic mass is 10.4. The highest BCUT2D eigenvalue weighted by Gasteiger charge is 2.06. The maximum atomic E-state index is 5.15. The zero-order chi connectivity index (χ0) is 10.5. The van der Waals surface area contributed by atoms with Gasteiger partial charge in [-0.3, -0.25) is 0 Å². The van der Waals surface area contributed by atoms with Crippen LogP contribution in [0.15, 0.2) is 0 Å². The van der Waals surface area contributed by atoms with Gasteiger partial charge in [0.2, 0.25) is 0 Å². The molecule has 0 aliphatic carbocycles. The van der Waals surface area contributed by atoms with Gasteiger partial charge in [0.1, 0.15) is 0 Å². The molecule has 1 unspecified atom stereocenters. The van der Waals surface area contributed by atoms with Gasteiger partial charge in [-0.15, -0.1) is 0 Å². The summed E-state index contributed by atoms with van der Waals surface area (Å²) in [6.45, 7) is 12.8. The number of hydrogen-bond acceptors (Lipinski definition) is 2. The molecule has 0 aromatic carbocycles. The lowest BCUT2D eigenvalue weighted by Crippen LogP contribution is -2.25. The van der Waals surface area contributed by atoms with Crippen molar-refractivity contribution in [2.75, 3.05) is 19.8 Å². The third-order valence-corrected chi connectivity index (χ3v) is 0.983. The molecule has 0 aromatic rings. The first kappa shape index (κ1) is 15.4. The number of ether oxygens (including phenoxy) is 2. The summed E-state index contributed by atoms with van der Waals surface area (Å²) in [5, 5.41) is 0. The van der Waals surface area contributed by atoms with E-state index >= 15 is 0 Å².